The Morgan fingerprint density at radius 2 is 2.13 bits per heavy atom. The van der Waals surface area contributed by atoms with Gasteiger partial charge in [0.05, 0.1) is 5.41 Å². The summed E-state index contributed by atoms with van der Waals surface area (Å²) in [5.41, 5.74) is 0.00346. The Bertz CT molecular complexity index is 413. The highest BCUT2D eigenvalue weighted by Crippen LogP contribution is 2.46. The normalized spacial score (nSPS) is 18.3. The van der Waals surface area contributed by atoms with Gasteiger partial charge in [0, 0.05) is 9.50 Å². The number of hydrogen-bond acceptors (Lipinski definition) is 1. The van der Waals surface area contributed by atoms with Crippen LogP contribution >= 0.6 is 27.5 Å². The molecule has 0 unspecified atom stereocenters. The van der Waals surface area contributed by atoms with Gasteiger partial charge in [-0.05, 0) is 30.5 Å². The number of aliphatic carboxylic acids is 1. The summed E-state index contributed by atoms with van der Waals surface area (Å²) in [5, 5.41) is 9.79. The minimum Gasteiger partial charge on any atom is -0.481 e. The summed E-state index contributed by atoms with van der Waals surface area (Å²) >= 11 is 9.39. The van der Waals surface area contributed by atoms with E-state index in [4.69, 9.17) is 11.6 Å². The summed E-state index contributed by atoms with van der Waals surface area (Å²) in [6.07, 6.45) is 2.33. The molecule has 1 N–H and O–H groups in total. The van der Waals surface area contributed by atoms with E-state index in [1.54, 1.807) is 12.1 Å². The van der Waals surface area contributed by atoms with Crippen molar-refractivity contribution >= 4 is 33.5 Å². The van der Waals surface area contributed by atoms with Gasteiger partial charge in [-0.1, -0.05) is 40.0 Å². The van der Waals surface area contributed by atoms with Gasteiger partial charge in [-0.15, -0.1) is 0 Å². The van der Waals surface area contributed by atoms with Gasteiger partial charge in [0.1, 0.15) is 0 Å². The number of benzene rings is 1. The van der Waals surface area contributed by atoms with Crippen LogP contribution in [0.4, 0.5) is 0 Å². The maximum Gasteiger partial charge on any atom is 0.314 e. The first kappa shape index (κ1) is 11.0. The van der Waals surface area contributed by atoms with Gasteiger partial charge in [0.15, 0.2) is 0 Å². The molecule has 0 radical (unpaired) electrons. The molecule has 1 aromatic rings. The summed E-state index contributed by atoms with van der Waals surface area (Å²) in [4.78, 5) is 11.3. The molecule has 0 spiro atoms. The van der Waals surface area contributed by atoms with E-state index in [1.807, 2.05) is 6.07 Å². The average molecular weight is 290 g/mol. The minimum atomic E-state index is -0.766. The van der Waals surface area contributed by atoms with Crippen molar-refractivity contribution in [1.29, 1.82) is 0 Å². The zero-order valence-electron chi connectivity index (χ0n) is 7.96. The largest absolute Gasteiger partial charge is 0.481 e. The Morgan fingerprint density at radius 3 is 2.53 bits per heavy atom. The van der Waals surface area contributed by atoms with Gasteiger partial charge in [0.2, 0.25) is 0 Å². The molecular formula is C11H10BrClO2. The molecule has 0 aromatic heterocycles. The number of rotatable bonds is 2. The molecule has 0 bridgehead atoms. The van der Waals surface area contributed by atoms with Crippen molar-refractivity contribution in [2.75, 3.05) is 0 Å². The lowest BCUT2D eigenvalue weighted by Gasteiger charge is -2.38. The first-order chi connectivity index (χ1) is 7.06. The third-order valence-electron chi connectivity index (χ3n) is 3.06. The predicted molar refractivity (Wildman–Crippen MR) is 62.3 cm³/mol. The summed E-state index contributed by atoms with van der Waals surface area (Å²) in [7, 11) is 0. The second-order valence-corrected chi connectivity index (χ2v) is 5.19. The van der Waals surface area contributed by atoms with E-state index in [-0.39, 0.29) is 0 Å². The molecule has 1 fully saturated rings. The highest BCUT2D eigenvalue weighted by Gasteiger charge is 2.47. The molecule has 0 atom stereocenters. The van der Waals surface area contributed by atoms with Crippen molar-refractivity contribution in [3.8, 4) is 0 Å². The van der Waals surface area contributed by atoms with Crippen LogP contribution in [0.3, 0.4) is 0 Å². The van der Waals surface area contributed by atoms with Gasteiger partial charge in [-0.25, -0.2) is 0 Å². The topological polar surface area (TPSA) is 37.3 Å². The van der Waals surface area contributed by atoms with E-state index in [2.05, 4.69) is 15.9 Å². The SMILES string of the molecule is O=C(O)C1(c2ccc(Br)cc2Cl)CCC1. The summed E-state index contributed by atoms with van der Waals surface area (Å²) < 4.78 is 0.871. The Hall–Kier alpha value is -0.540. The van der Waals surface area contributed by atoms with Crippen molar-refractivity contribution in [3.63, 3.8) is 0 Å². The third-order valence-corrected chi connectivity index (χ3v) is 3.87. The fourth-order valence-electron chi connectivity index (χ4n) is 2.01. The number of carboxylic acid groups (broad SMARTS) is 1. The number of halogens is 2. The second kappa shape index (κ2) is 3.80. The molecule has 4 heteroatoms. The zero-order chi connectivity index (χ0) is 11.1. The predicted octanol–water partition coefficient (Wildman–Crippen LogP) is 3.61. The molecule has 0 saturated heterocycles. The van der Waals surface area contributed by atoms with Crippen LogP contribution in [-0.4, -0.2) is 11.1 Å². The standard InChI is InChI=1S/C11H10BrClO2/c12-7-2-3-8(9(13)6-7)11(10(14)15)4-1-5-11/h2-3,6H,1,4-5H2,(H,14,15). The lowest BCUT2D eigenvalue weighted by molar-refractivity contribution is -0.147. The fraction of sp³-hybridized carbons (Fsp3) is 0.364. The Labute approximate surface area is 101 Å². The van der Waals surface area contributed by atoms with Gasteiger partial charge >= 0.3 is 5.97 Å². The van der Waals surface area contributed by atoms with E-state index in [1.165, 1.54) is 0 Å². The fourth-order valence-corrected chi connectivity index (χ4v) is 2.86. The van der Waals surface area contributed by atoms with Crippen molar-refractivity contribution in [1.82, 2.24) is 0 Å². The molecule has 1 saturated carbocycles. The number of carbonyl (C=O) groups is 1. The quantitative estimate of drug-likeness (QED) is 0.903. The maximum atomic E-state index is 11.3. The number of hydrogen-bond donors (Lipinski definition) is 1. The molecular weight excluding hydrogens is 279 g/mol. The van der Waals surface area contributed by atoms with Crippen LogP contribution in [0.1, 0.15) is 24.8 Å². The maximum absolute atomic E-state index is 11.3. The molecule has 80 valence electrons. The van der Waals surface area contributed by atoms with Crippen molar-refractivity contribution < 1.29 is 9.90 Å². The highest BCUT2D eigenvalue weighted by atomic mass is 79.9. The Balaban J connectivity index is 2.48. The summed E-state index contributed by atoms with van der Waals surface area (Å²) in [6, 6.07) is 5.39. The van der Waals surface area contributed by atoms with Crippen molar-refractivity contribution in [2.45, 2.75) is 24.7 Å². The van der Waals surface area contributed by atoms with E-state index in [0.717, 1.165) is 16.5 Å². The third kappa shape index (κ3) is 1.68. The van der Waals surface area contributed by atoms with Gasteiger partial charge in [0.25, 0.3) is 0 Å². The molecule has 1 aliphatic carbocycles. The average Bonchev–Trinajstić information content (AvgIpc) is 2.05. The molecule has 1 aliphatic rings. The summed E-state index contributed by atoms with van der Waals surface area (Å²) in [5.74, 6) is -0.766. The van der Waals surface area contributed by atoms with Crippen LogP contribution in [-0.2, 0) is 10.2 Å². The summed E-state index contributed by atoms with van der Waals surface area (Å²) in [6.45, 7) is 0. The molecule has 2 nitrogen and oxygen atoms in total. The first-order valence-electron chi connectivity index (χ1n) is 4.75. The van der Waals surface area contributed by atoms with Crippen LogP contribution < -0.4 is 0 Å². The van der Waals surface area contributed by atoms with Crippen LogP contribution in [0.5, 0.6) is 0 Å². The molecule has 2 rings (SSSR count). The lowest BCUT2D eigenvalue weighted by atomic mass is 9.64. The van der Waals surface area contributed by atoms with Gasteiger partial charge in [-0.3, -0.25) is 4.79 Å². The minimum absolute atomic E-state index is 0.534. The molecule has 15 heavy (non-hydrogen) atoms. The molecule has 0 aliphatic heterocycles. The van der Waals surface area contributed by atoms with E-state index < -0.39 is 11.4 Å². The second-order valence-electron chi connectivity index (χ2n) is 3.86. The van der Waals surface area contributed by atoms with E-state index in [9.17, 15) is 9.90 Å². The van der Waals surface area contributed by atoms with Crippen molar-refractivity contribution in [3.05, 3.63) is 33.3 Å². The Kier molecular flexibility index (Phi) is 2.77. The van der Waals surface area contributed by atoms with Crippen LogP contribution in [0.2, 0.25) is 5.02 Å². The lowest BCUT2D eigenvalue weighted by Crippen LogP contribution is -2.42. The van der Waals surface area contributed by atoms with Gasteiger partial charge in [-0.2, -0.15) is 0 Å². The molecule has 0 heterocycles. The smallest absolute Gasteiger partial charge is 0.314 e. The first-order valence-corrected chi connectivity index (χ1v) is 5.92. The van der Waals surface area contributed by atoms with E-state index >= 15 is 0 Å². The molecule has 1 aromatic carbocycles. The van der Waals surface area contributed by atoms with Gasteiger partial charge < -0.3 is 5.11 Å². The van der Waals surface area contributed by atoms with Crippen molar-refractivity contribution in [2.24, 2.45) is 0 Å². The number of carboxylic acids is 1. The van der Waals surface area contributed by atoms with Crippen LogP contribution in [0.25, 0.3) is 0 Å². The highest BCUT2D eigenvalue weighted by molar-refractivity contribution is 9.10. The molecule has 0 amide bonds. The van der Waals surface area contributed by atoms with Crippen LogP contribution in [0.15, 0.2) is 22.7 Å². The monoisotopic (exact) mass is 288 g/mol. The zero-order valence-corrected chi connectivity index (χ0v) is 10.3. The van der Waals surface area contributed by atoms with Crippen LogP contribution in [0, 0.1) is 0 Å². The Morgan fingerprint density at radius 1 is 1.47 bits per heavy atom. The van der Waals surface area contributed by atoms with E-state index in [0.29, 0.717) is 17.9 Å².